The van der Waals surface area contributed by atoms with Gasteiger partial charge in [0.25, 0.3) is 0 Å². The van der Waals surface area contributed by atoms with E-state index in [-0.39, 0.29) is 16.2 Å². The standard InChI is InChI=1S/C42H43Br3Cl2N2/c1-40(2,3)26-10-20-35(33(43)22-26)48(31-16-12-29(46)13-17-31)37-24-28(42(7,8)9)25-38(39(37)45)49(32-18-14-30(47)15-19-32)36-21-11-27(23-34(36)44)41(4,5)6/h10-25H,1-9H3. The van der Waals surface area contributed by atoms with Crippen molar-refractivity contribution in [3.8, 4) is 0 Å². The van der Waals surface area contributed by atoms with Crippen molar-refractivity contribution < 1.29 is 0 Å². The second-order valence-electron chi connectivity index (χ2n) is 15.5. The van der Waals surface area contributed by atoms with Crippen molar-refractivity contribution in [2.75, 3.05) is 9.80 Å². The summed E-state index contributed by atoms with van der Waals surface area (Å²) in [6.45, 7) is 20.2. The lowest BCUT2D eigenvalue weighted by Gasteiger charge is -2.35. The monoisotopic (exact) mass is 882 g/mol. The largest absolute Gasteiger partial charge is 0.308 e. The number of nitrogens with zero attached hydrogens (tertiary/aromatic N) is 2. The number of benzene rings is 5. The van der Waals surface area contributed by atoms with Crippen LogP contribution in [0.25, 0.3) is 0 Å². The van der Waals surface area contributed by atoms with Gasteiger partial charge in [0.2, 0.25) is 0 Å². The fourth-order valence-electron chi connectivity index (χ4n) is 5.66. The van der Waals surface area contributed by atoms with Crippen molar-refractivity contribution in [3.05, 3.63) is 137 Å². The van der Waals surface area contributed by atoms with E-state index in [1.807, 2.05) is 24.3 Å². The van der Waals surface area contributed by atoms with Crippen LogP contribution in [0, 0.1) is 0 Å². The molecule has 0 unspecified atom stereocenters. The van der Waals surface area contributed by atoms with Crippen LogP contribution in [0.2, 0.25) is 10.0 Å². The van der Waals surface area contributed by atoms with Gasteiger partial charge in [0.15, 0.2) is 0 Å². The van der Waals surface area contributed by atoms with Crippen LogP contribution in [0.4, 0.5) is 34.1 Å². The topological polar surface area (TPSA) is 6.48 Å². The molecule has 0 fully saturated rings. The van der Waals surface area contributed by atoms with Crippen molar-refractivity contribution >= 4 is 105 Å². The smallest absolute Gasteiger partial charge is 0.0657 e. The van der Waals surface area contributed by atoms with E-state index in [1.165, 1.54) is 16.7 Å². The summed E-state index contributed by atoms with van der Waals surface area (Å²) >= 11 is 25.0. The minimum Gasteiger partial charge on any atom is -0.308 e. The molecule has 0 aliphatic rings. The normalized spacial score (nSPS) is 12.3. The Balaban J connectivity index is 1.86. The molecule has 0 aromatic heterocycles. The van der Waals surface area contributed by atoms with Crippen molar-refractivity contribution in [2.45, 2.75) is 78.6 Å². The van der Waals surface area contributed by atoms with Crippen molar-refractivity contribution in [1.82, 2.24) is 0 Å². The van der Waals surface area contributed by atoms with Crippen LogP contribution < -0.4 is 9.80 Å². The maximum Gasteiger partial charge on any atom is 0.0657 e. The first-order valence-corrected chi connectivity index (χ1v) is 19.4. The molecule has 0 N–H and O–H groups in total. The molecule has 0 saturated heterocycles. The van der Waals surface area contributed by atoms with E-state index in [0.717, 1.165) is 47.5 Å². The summed E-state index contributed by atoms with van der Waals surface area (Å²) in [7, 11) is 0. The van der Waals surface area contributed by atoms with Crippen molar-refractivity contribution in [3.63, 3.8) is 0 Å². The summed E-state index contributed by atoms with van der Waals surface area (Å²) < 4.78 is 2.93. The summed E-state index contributed by atoms with van der Waals surface area (Å²) in [5.74, 6) is 0. The van der Waals surface area contributed by atoms with Gasteiger partial charge < -0.3 is 9.80 Å². The molecule has 0 aliphatic carbocycles. The molecule has 0 spiro atoms. The molecule has 0 atom stereocenters. The van der Waals surface area contributed by atoms with Crippen LogP contribution in [0.15, 0.2) is 110 Å². The quantitative estimate of drug-likeness (QED) is 0.168. The number of hydrogen-bond donors (Lipinski definition) is 0. The van der Waals surface area contributed by atoms with E-state index in [9.17, 15) is 0 Å². The third kappa shape index (κ3) is 8.45. The average molecular weight is 886 g/mol. The zero-order valence-electron chi connectivity index (χ0n) is 29.5. The number of halogens is 5. The third-order valence-electron chi connectivity index (χ3n) is 8.66. The molecule has 5 aromatic carbocycles. The number of anilines is 6. The number of rotatable bonds is 6. The Labute approximate surface area is 328 Å². The van der Waals surface area contributed by atoms with Gasteiger partial charge in [0, 0.05) is 30.4 Å². The Morgan fingerprint density at radius 2 is 0.735 bits per heavy atom. The Kier molecular flexibility index (Phi) is 11.1. The molecule has 0 bridgehead atoms. The predicted molar refractivity (Wildman–Crippen MR) is 225 cm³/mol. The molecule has 5 aromatic rings. The SMILES string of the molecule is CC(C)(C)c1ccc(N(c2ccc(Cl)cc2)c2cc(C(C)(C)C)cc(N(c3ccc(Cl)cc3)c3ccc(C(C)(C)C)cc3Br)c2Br)c(Br)c1. The lowest BCUT2D eigenvalue weighted by atomic mass is 9.85. The molecule has 0 aliphatic heterocycles. The summed E-state index contributed by atoms with van der Waals surface area (Å²) in [5, 5.41) is 1.37. The van der Waals surface area contributed by atoms with Crippen LogP contribution in [-0.4, -0.2) is 0 Å². The van der Waals surface area contributed by atoms with E-state index in [1.54, 1.807) is 0 Å². The summed E-state index contributed by atoms with van der Waals surface area (Å²) in [4.78, 5) is 4.60. The van der Waals surface area contributed by atoms with Crippen LogP contribution >= 0.6 is 71.0 Å². The maximum atomic E-state index is 6.44. The first kappa shape index (κ1) is 38.0. The van der Waals surface area contributed by atoms with Gasteiger partial charge in [0.1, 0.15) is 0 Å². The van der Waals surface area contributed by atoms with Gasteiger partial charge in [-0.3, -0.25) is 0 Å². The first-order valence-electron chi connectivity index (χ1n) is 16.3. The van der Waals surface area contributed by atoms with Crippen LogP contribution in [-0.2, 0) is 16.2 Å². The average Bonchev–Trinajstić information content (AvgIpc) is 3.00. The number of hydrogen-bond acceptors (Lipinski definition) is 2. The Bertz CT molecular complexity index is 1830. The van der Waals surface area contributed by atoms with Gasteiger partial charge in [-0.15, -0.1) is 0 Å². The van der Waals surface area contributed by atoms with E-state index in [2.05, 4.69) is 193 Å². The predicted octanol–water partition coefficient (Wildman–Crippen LogP) is 16.1. The highest BCUT2D eigenvalue weighted by atomic mass is 79.9. The molecule has 2 nitrogen and oxygen atoms in total. The van der Waals surface area contributed by atoms with E-state index < -0.39 is 0 Å². The van der Waals surface area contributed by atoms with Crippen molar-refractivity contribution in [2.24, 2.45) is 0 Å². The maximum absolute atomic E-state index is 6.44. The molecule has 7 heteroatoms. The molecule has 0 heterocycles. The second kappa shape index (κ2) is 14.4. The highest BCUT2D eigenvalue weighted by Gasteiger charge is 2.29. The summed E-state index contributed by atoms with van der Waals surface area (Å²) in [5.41, 5.74) is 9.52. The molecular formula is C42H43Br3Cl2N2. The molecule has 256 valence electrons. The van der Waals surface area contributed by atoms with Crippen molar-refractivity contribution in [1.29, 1.82) is 0 Å². The second-order valence-corrected chi connectivity index (χ2v) is 18.9. The van der Waals surface area contributed by atoms with Gasteiger partial charge in [0.05, 0.1) is 27.2 Å². The van der Waals surface area contributed by atoms with E-state index in [0.29, 0.717) is 10.0 Å². The molecule has 5 rings (SSSR count). The van der Waals surface area contributed by atoms with Crippen LogP contribution in [0.3, 0.4) is 0 Å². The molecule has 0 amide bonds. The van der Waals surface area contributed by atoms with E-state index >= 15 is 0 Å². The zero-order valence-corrected chi connectivity index (χ0v) is 35.8. The summed E-state index contributed by atoms with van der Waals surface area (Å²) in [6.07, 6.45) is 0. The van der Waals surface area contributed by atoms with Gasteiger partial charge >= 0.3 is 0 Å². The van der Waals surface area contributed by atoms with Gasteiger partial charge in [-0.25, -0.2) is 0 Å². The first-order chi connectivity index (χ1) is 22.8. The molecule has 0 saturated carbocycles. The lowest BCUT2D eigenvalue weighted by molar-refractivity contribution is 0.589. The molecular weight excluding hydrogens is 843 g/mol. The Morgan fingerprint density at radius 1 is 0.408 bits per heavy atom. The van der Waals surface area contributed by atoms with Gasteiger partial charge in [-0.05, 0) is 166 Å². The fourth-order valence-corrected chi connectivity index (χ4v) is 7.61. The Morgan fingerprint density at radius 3 is 1.02 bits per heavy atom. The highest BCUT2D eigenvalue weighted by molar-refractivity contribution is 9.11. The Hall–Kier alpha value is -2.28. The minimum atomic E-state index is -0.165. The van der Waals surface area contributed by atoms with E-state index in [4.69, 9.17) is 23.2 Å². The molecule has 49 heavy (non-hydrogen) atoms. The third-order valence-corrected chi connectivity index (χ3v) is 11.2. The lowest BCUT2D eigenvalue weighted by Crippen LogP contribution is -2.19. The highest BCUT2D eigenvalue weighted by Crippen LogP contribution is 2.51. The fraction of sp³-hybridized carbons (Fsp3) is 0.286. The van der Waals surface area contributed by atoms with Gasteiger partial charge in [-0.1, -0.05) is 97.6 Å². The zero-order chi connectivity index (χ0) is 36.1. The summed E-state index contributed by atoms with van der Waals surface area (Å²) in [6, 6.07) is 34.0. The molecule has 0 radical (unpaired) electrons. The van der Waals surface area contributed by atoms with Gasteiger partial charge in [-0.2, -0.15) is 0 Å². The van der Waals surface area contributed by atoms with Crippen LogP contribution in [0.1, 0.15) is 79.0 Å². The minimum absolute atomic E-state index is 0.00105. The van der Waals surface area contributed by atoms with Crippen LogP contribution in [0.5, 0.6) is 0 Å².